The van der Waals surface area contributed by atoms with Gasteiger partial charge in [0.25, 0.3) is 0 Å². The van der Waals surface area contributed by atoms with E-state index in [1.807, 2.05) is 13.8 Å². The summed E-state index contributed by atoms with van der Waals surface area (Å²) in [5.74, 6) is -1.13. The molecule has 0 bridgehead atoms. The molecule has 0 saturated carbocycles. The van der Waals surface area contributed by atoms with Crippen molar-refractivity contribution >= 4 is 22.9 Å². The van der Waals surface area contributed by atoms with Crippen molar-refractivity contribution in [2.24, 2.45) is 0 Å². The minimum absolute atomic E-state index is 0.0665. The van der Waals surface area contributed by atoms with Crippen LogP contribution in [-0.2, 0) is 11.3 Å². The number of carbonyl (C=O) groups is 2. The first kappa shape index (κ1) is 13.1. The van der Waals surface area contributed by atoms with Crippen LogP contribution in [0.3, 0.4) is 0 Å². The summed E-state index contributed by atoms with van der Waals surface area (Å²) in [5.41, 5.74) is 1.49. The Morgan fingerprint density at radius 1 is 1.42 bits per heavy atom. The van der Waals surface area contributed by atoms with E-state index in [1.54, 1.807) is 10.6 Å². The van der Waals surface area contributed by atoms with Crippen molar-refractivity contribution in [3.05, 3.63) is 30.1 Å². The summed E-state index contributed by atoms with van der Waals surface area (Å²) in [6.07, 6.45) is 1.54. The van der Waals surface area contributed by atoms with Gasteiger partial charge in [-0.15, -0.1) is 0 Å². The second kappa shape index (κ2) is 5.09. The van der Waals surface area contributed by atoms with Crippen LogP contribution >= 0.6 is 0 Å². The lowest BCUT2D eigenvalue weighted by Gasteiger charge is -2.09. The zero-order chi connectivity index (χ0) is 14.0. The molecule has 2 N–H and O–H groups in total. The van der Waals surface area contributed by atoms with E-state index >= 15 is 0 Å². The average Bonchev–Trinajstić information content (AvgIpc) is 2.70. The molecule has 0 saturated heterocycles. The molecule has 0 unspecified atom stereocenters. The summed E-state index contributed by atoms with van der Waals surface area (Å²) in [7, 11) is 0. The van der Waals surface area contributed by atoms with Gasteiger partial charge in [-0.1, -0.05) is 0 Å². The molecule has 1 aromatic heterocycles. The van der Waals surface area contributed by atoms with E-state index in [0.717, 1.165) is 0 Å². The lowest BCUT2D eigenvalue weighted by atomic mass is 10.2. The molecule has 0 aliphatic rings. The first-order valence-corrected chi connectivity index (χ1v) is 5.95. The van der Waals surface area contributed by atoms with Crippen LogP contribution < -0.4 is 5.32 Å². The van der Waals surface area contributed by atoms with Crippen molar-refractivity contribution < 1.29 is 14.7 Å². The Balaban J connectivity index is 2.30. The minimum Gasteiger partial charge on any atom is -0.478 e. The summed E-state index contributed by atoms with van der Waals surface area (Å²) in [4.78, 5) is 26.8. The number of benzene rings is 1. The second-order valence-electron chi connectivity index (χ2n) is 4.60. The van der Waals surface area contributed by atoms with Gasteiger partial charge in [0.15, 0.2) is 0 Å². The smallest absolute Gasteiger partial charge is 0.335 e. The number of carboxylic acids is 1. The van der Waals surface area contributed by atoms with Crippen molar-refractivity contribution in [1.29, 1.82) is 0 Å². The van der Waals surface area contributed by atoms with Crippen LogP contribution in [-0.4, -0.2) is 32.6 Å². The van der Waals surface area contributed by atoms with Crippen LogP contribution in [0.5, 0.6) is 0 Å². The Hall–Kier alpha value is -2.37. The number of carbonyl (C=O) groups excluding carboxylic acids is 1. The number of amides is 1. The third kappa shape index (κ3) is 2.90. The van der Waals surface area contributed by atoms with Gasteiger partial charge in [-0.2, -0.15) is 0 Å². The number of hydrogen-bond acceptors (Lipinski definition) is 3. The zero-order valence-electron chi connectivity index (χ0n) is 10.8. The van der Waals surface area contributed by atoms with E-state index in [9.17, 15) is 9.59 Å². The number of imidazole rings is 1. The molecule has 1 aromatic carbocycles. The molecule has 2 rings (SSSR count). The summed E-state index contributed by atoms with van der Waals surface area (Å²) >= 11 is 0. The SMILES string of the molecule is CC(C)NC(=O)Cn1cnc2ccc(C(=O)O)cc21. The van der Waals surface area contributed by atoms with E-state index in [-0.39, 0.29) is 24.1 Å². The van der Waals surface area contributed by atoms with Gasteiger partial charge < -0.3 is 15.0 Å². The normalized spacial score (nSPS) is 10.9. The third-order valence-electron chi connectivity index (χ3n) is 2.63. The Bertz CT molecular complexity index is 631. The number of fused-ring (bicyclic) bond motifs is 1. The molecule has 0 atom stereocenters. The summed E-state index contributed by atoms with van der Waals surface area (Å²) in [5, 5.41) is 11.7. The summed E-state index contributed by atoms with van der Waals surface area (Å²) < 4.78 is 1.64. The zero-order valence-corrected chi connectivity index (χ0v) is 10.8. The molecule has 0 fully saturated rings. The molecular weight excluding hydrogens is 246 g/mol. The maximum Gasteiger partial charge on any atom is 0.335 e. The predicted molar refractivity (Wildman–Crippen MR) is 70.0 cm³/mol. The van der Waals surface area contributed by atoms with Crippen LogP contribution in [0.15, 0.2) is 24.5 Å². The highest BCUT2D eigenvalue weighted by atomic mass is 16.4. The number of rotatable bonds is 4. The highest BCUT2D eigenvalue weighted by Gasteiger charge is 2.10. The molecule has 0 radical (unpaired) electrons. The molecule has 0 aliphatic heterocycles. The highest BCUT2D eigenvalue weighted by Crippen LogP contribution is 2.15. The molecule has 0 spiro atoms. The van der Waals surface area contributed by atoms with Crippen LogP contribution in [0.25, 0.3) is 11.0 Å². The lowest BCUT2D eigenvalue weighted by molar-refractivity contribution is -0.122. The number of aromatic nitrogens is 2. The fourth-order valence-electron chi connectivity index (χ4n) is 1.84. The lowest BCUT2D eigenvalue weighted by Crippen LogP contribution is -2.32. The molecule has 100 valence electrons. The van der Waals surface area contributed by atoms with Crippen LogP contribution in [0.2, 0.25) is 0 Å². The molecule has 1 heterocycles. The molecule has 6 nitrogen and oxygen atoms in total. The standard InChI is InChI=1S/C13H15N3O3/c1-8(2)15-12(17)6-16-7-14-10-4-3-9(13(18)19)5-11(10)16/h3-5,7-8H,6H2,1-2H3,(H,15,17)(H,18,19). The topological polar surface area (TPSA) is 84.2 Å². The Kier molecular flexibility index (Phi) is 3.50. The fourth-order valence-corrected chi connectivity index (χ4v) is 1.84. The van der Waals surface area contributed by atoms with E-state index < -0.39 is 5.97 Å². The monoisotopic (exact) mass is 261 g/mol. The van der Waals surface area contributed by atoms with Gasteiger partial charge in [-0.05, 0) is 32.0 Å². The largest absolute Gasteiger partial charge is 0.478 e. The molecular formula is C13H15N3O3. The average molecular weight is 261 g/mol. The van der Waals surface area contributed by atoms with Crippen molar-refractivity contribution in [3.8, 4) is 0 Å². The minimum atomic E-state index is -0.999. The first-order valence-electron chi connectivity index (χ1n) is 5.95. The van der Waals surface area contributed by atoms with Crippen molar-refractivity contribution in [1.82, 2.24) is 14.9 Å². The van der Waals surface area contributed by atoms with Gasteiger partial charge in [0.05, 0.1) is 22.9 Å². The molecule has 1 amide bonds. The van der Waals surface area contributed by atoms with E-state index in [4.69, 9.17) is 5.11 Å². The number of aromatic carboxylic acids is 1. The summed E-state index contributed by atoms with van der Waals surface area (Å²) in [6, 6.07) is 4.72. The number of carboxylic acid groups (broad SMARTS) is 1. The quantitative estimate of drug-likeness (QED) is 0.867. The van der Waals surface area contributed by atoms with Gasteiger partial charge >= 0.3 is 5.97 Å². The highest BCUT2D eigenvalue weighted by molar-refractivity contribution is 5.92. The number of nitrogens with zero attached hydrogens (tertiary/aromatic N) is 2. The maximum atomic E-state index is 11.7. The molecule has 2 aromatic rings. The van der Waals surface area contributed by atoms with Crippen molar-refractivity contribution in [2.75, 3.05) is 0 Å². The van der Waals surface area contributed by atoms with Gasteiger partial charge in [0.2, 0.25) is 5.91 Å². The molecule has 6 heteroatoms. The van der Waals surface area contributed by atoms with Gasteiger partial charge in [0, 0.05) is 6.04 Å². The van der Waals surface area contributed by atoms with E-state index in [1.165, 1.54) is 18.5 Å². The Morgan fingerprint density at radius 2 is 2.16 bits per heavy atom. The molecule has 0 aliphatic carbocycles. The Labute approximate surface area is 110 Å². The second-order valence-corrected chi connectivity index (χ2v) is 4.60. The van der Waals surface area contributed by atoms with Gasteiger partial charge in [-0.3, -0.25) is 4.79 Å². The van der Waals surface area contributed by atoms with Gasteiger partial charge in [0.1, 0.15) is 6.54 Å². The van der Waals surface area contributed by atoms with E-state index in [2.05, 4.69) is 10.3 Å². The number of hydrogen-bond donors (Lipinski definition) is 2. The van der Waals surface area contributed by atoms with Crippen molar-refractivity contribution in [3.63, 3.8) is 0 Å². The maximum absolute atomic E-state index is 11.7. The van der Waals surface area contributed by atoms with Crippen molar-refractivity contribution in [2.45, 2.75) is 26.4 Å². The fraction of sp³-hybridized carbons (Fsp3) is 0.308. The molecule has 19 heavy (non-hydrogen) atoms. The third-order valence-corrected chi connectivity index (χ3v) is 2.63. The number of nitrogens with one attached hydrogen (secondary N) is 1. The summed E-state index contributed by atoms with van der Waals surface area (Å²) in [6.45, 7) is 3.89. The Morgan fingerprint density at radius 3 is 2.79 bits per heavy atom. The van der Waals surface area contributed by atoms with E-state index in [0.29, 0.717) is 11.0 Å². The predicted octanol–water partition coefficient (Wildman–Crippen LogP) is 1.26. The van der Waals surface area contributed by atoms with Crippen LogP contribution in [0, 0.1) is 0 Å². The van der Waals surface area contributed by atoms with Gasteiger partial charge in [-0.25, -0.2) is 9.78 Å². The first-order chi connectivity index (χ1) is 8.97. The van der Waals surface area contributed by atoms with Crippen LogP contribution in [0.1, 0.15) is 24.2 Å². The van der Waals surface area contributed by atoms with Crippen LogP contribution in [0.4, 0.5) is 0 Å².